The van der Waals surface area contributed by atoms with Gasteiger partial charge in [0.2, 0.25) is 0 Å². The molecule has 0 atom stereocenters. The lowest BCUT2D eigenvalue weighted by Crippen LogP contribution is -2.40. The van der Waals surface area contributed by atoms with Crippen LogP contribution in [0.4, 0.5) is 5.82 Å². The van der Waals surface area contributed by atoms with Crippen LogP contribution in [0.15, 0.2) is 23.3 Å². The molecule has 2 heterocycles. The third-order valence-electron chi connectivity index (χ3n) is 5.27. The number of methoxy groups -OCH3 is 1. The number of rotatable bonds is 10. The molecule has 1 aliphatic heterocycles. The van der Waals surface area contributed by atoms with Crippen LogP contribution in [0.1, 0.15) is 31.7 Å². The van der Waals surface area contributed by atoms with Gasteiger partial charge in [-0.25, -0.2) is 4.98 Å². The fourth-order valence-electron chi connectivity index (χ4n) is 3.31. The minimum Gasteiger partial charge on any atom is -0.385 e. The SMILES string of the molecule is CN=C(NCCN(C)CCCOC)NCc1ccc(N2CCC(C)CC2)nc1.I. The van der Waals surface area contributed by atoms with E-state index in [0.717, 1.165) is 69.0 Å². The first-order valence-corrected chi connectivity index (χ1v) is 10.4. The zero-order chi connectivity index (χ0) is 20.2. The molecule has 166 valence electrons. The van der Waals surface area contributed by atoms with Gasteiger partial charge in [0.1, 0.15) is 5.82 Å². The van der Waals surface area contributed by atoms with Crippen molar-refractivity contribution in [2.45, 2.75) is 32.7 Å². The zero-order valence-electron chi connectivity index (χ0n) is 18.5. The van der Waals surface area contributed by atoms with Crippen LogP contribution in [0.2, 0.25) is 0 Å². The molecule has 8 heteroatoms. The number of likely N-dealkylation sites (N-methyl/N-ethyl adjacent to an activating group) is 1. The highest BCUT2D eigenvalue weighted by atomic mass is 127. The van der Waals surface area contributed by atoms with Crippen LogP contribution in [0.25, 0.3) is 0 Å². The monoisotopic (exact) mass is 518 g/mol. The standard InChI is InChI=1S/C21H38N6O.HI/c1-18-8-12-27(13-9-18)20-7-6-19(16-24-20)17-25-21(22-2)23-10-14-26(3)11-5-15-28-4;/h6-7,16,18H,5,8-15,17H2,1-4H3,(H2,22,23,25);1H. The van der Waals surface area contributed by atoms with Crippen LogP contribution in [0.3, 0.4) is 0 Å². The number of pyridine rings is 1. The van der Waals surface area contributed by atoms with Crippen molar-refractivity contribution in [3.05, 3.63) is 23.9 Å². The zero-order valence-corrected chi connectivity index (χ0v) is 20.8. The summed E-state index contributed by atoms with van der Waals surface area (Å²) in [5.74, 6) is 2.75. The minimum atomic E-state index is 0. The number of nitrogens with one attached hydrogen (secondary N) is 2. The van der Waals surface area contributed by atoms with Crippen LogP contribution in [0, 0.1) is 5.92 Å². The molecular weight excluding hydrogens is 479 g/mol. The molecule has 1 aromatic rings. The second kappa shape index (κ2) is 14.8. The smallest absolute Gasteiger partial charge is 0.191 e. The normalized spacial score (nSPS) is 15.3. The van der Waals surface area contributed by atoms with Crippen molar-refractivity contribution in [2.75, 3.05) is 65.4 Å². The molecule has 0 spiro atoms. The van der Waals surface area contributed by atoms with Gasteiger partial charge in [0.25, 0.3) is 0 Å². The number of piperidine rings is 1. The van der Waals surface area contributed by atoms with E-state index in [9.17, 15) is 0 Å². The highest BCUT2D eigenvalue weighted by Gasteiger charge is 2.16. The van der Waals surface area contributed by atoms with E-state index in [1.165, 1.54) is 12.8 Å². The lowest BCUT2D eigenvalue weighted by atomic mass is 9.99. The van der Waals surface area contributed by atoms with Crippen LogP contribution >= 0.6 is 24.0 Å². The molecule has 1 fully saturated rings. The number of guanidine groups is 1. The van der Waals surface area contributed by atoms with E-state index in [0.29, 0.717) is 6.54 Å². The van der Waals surface area contributed by atoms with Crippen LogP contribution in [0.5, 0.6) is 0 Å². The molecule has 1 aromatic heterocycles. The molecule has 2 N–H and O–H groups in total. The summed E-state index contributed by atoms with van der Waals surface area (Å²) in [6, 6.07) is 4.29. The van der Waals surface area contributed by atoms with Crippen LogP contribution < -0.4 is 15.5 Å². The summed E-state index contributed by atoms with van der Waals surface area (Å²) in [5, 5.41) is 6.73. The fraction of sp³-hybridized carbons (Fsp3) is 0.714. The Bertz CT molecular complexity index is 575. The first kappa shape index (κ1) is 25.9. The second-order valence-corrected chi connectivity index (χ2v) is 7.70. The minimum absolute atomic E-state index is 0. The highest BCUT2D eigenvalue weighted by molar-refractivity contribution is 14.0. The summed E-state index contributed by atoms with van der Waals surface area (Å²) in [4.78, 5) is 13.6. The molecule has 7 nitrogen and oxygen atoms in total. The highest BCUT2D eigenvalue weighted by Crippen LogP contribution is 2.21. The number of anilines is 1. The van der Waals surface area contributed by atoms with Crippen molar-refractivity contribution in [1.82, 2.24) is 20.5 Å². The predicted octanol–water partition coefficient (Wildman–Crippen LogP) is 2.57. The van der Waals surface area contributed by atoms with E-state index < -0.39 is 0 Å². The molecule has 2 rings (SSSR count). The third-order valence-corrected chi connectivity index (χ3v) is 5.27. The number of nitrogens with zero attached hydrogens (tertiary/aromatic N) is 4. The molecule has 0 saturated carbocycles. The van der Waals surface area contributed by atoms with Gasteiger partial charge in [0.15, 0.2) is 5.96 Å². The lowest BCUT2D eigenvalue weighted by molar-refractivity contribution is 0.180. The predicted molar refractivity (Wildman–Crippen MR) is 132 cm³/mol. The first-order chi connectivity index (χ1) is 13.6. The molecule has 0 aliphatic carbocycles. The van der Waals surface area contributed by atoms with E-state index in [2.05, 4.69) is 56.5 Å². The van der Waals surface area contributed by atoms with Crippen molar-refractivity contribution in [3.63, 3.8) is 0 Å². The van der Waals surface area contributed by atoms with Gasteiger partial charge in [0, 0.05) is 66.2 Å². The summed E-state index contributed by atoms with van der Waals surface area (Å²) in [7, 11) is 5.68. The van der Waals surface area contributed by atoms with Crippen molar-refractivity contribution in [2.24, 2.45) is 10.9 Å². The van der Waals surface area contributed by atoms with Crippen molar-refractivity contribution in [3.8, 4) is 0 Å². The maximum atomic E-state index is 5.09. The van der Waals surface area contributed by atoms with E-state index in [-0.39, 0.29) is 24.0 Å². The van der Waals surface area contributed by atoms with Crippen molar-refractivity contribution in [1.29, 1.82) is 0 Å². The Morgan fingerprint density at radius 1 is 1.28 bits per heavy atom. The molecule has 29 heavy (non-hydrogen) atoms. The van der Waals surface area contributed by atoms with Gasteiger partial charge in [-0.1, -0.05) is 13.0 Å². The number of hydrogen-bond donors (Lipinski definition) is 2. The quantitative estimate of drug-likeness (QED) is 0.215. The number of ether oxygens (including phenoxy) is 1. The molecule has 0 radical (unpaired) electrons. The first-order valence-electron chi connectivity index (χ1n) is 10.4. The summed E-state index contributed by atoms with van der Waals surface area (Å²) < 4.78 is 5.09. The largest absolute Gasteiger partial charge is 0.385 e. The van der Waals surface area contributed by atoms with E-state index in [1.807, 2.05) is 6.20 Å². The maximum Gasteiger partial charge on any atom is 0.191 e. The molecule has 1 aliphatic rings. The average Bonchev–Trinajstić information content (AvgIpc) is 2.72. The maximum absolute atomic E-state index is 5.09. The second-order valence-electron chi connectivity index (χ2n) is 7.70. The molecular formula is C21H39IN6O. The van der Waals surface area contributed by atoms with E-state index in [1.54, 1.807) is 14.2 Å². The fourth-order valence-corrected chi connectivity index (χ4v) is 3.31. The summed E-state index contributed by atoms with van der Waals surface area (Å²) in [5.41, 5.74) is 1.16. The molecule has 0 aromatic carbocycles. The summed E-state index contributed by atoms with van der Waals surface area (Å²) >= 11 is 0. The Morgan fingerprint density at radius 2 is 2.03 bits per heavy atom. The Kier molecular flexibility index (Phi) is 13.2. The van der Waals surface area contributed by atoms with Gasteiger partial charge in [-0.3, -0.25) is 4.99 Å². The summed E-state index contributed by atoms with van der Waals surface area (Å²) in [6.45, 7) is 8.95. The Morgan fingerprint density at radius 3 is 2.66 bits per heavy atom. The lowest BCUT2D eigenvalue weighted by Gasteiger charge is -2.31. The van der Waals surface area contributed by atoms with Gasteiger partial charge in [-0.2, -0.15) is 0 Å². The molecule has 0 amide bonds. The van der Waals surface area contributed by atoms with Crippen LogP contribution in [-0.2, 0) is 11.3 Å². The van der Waals surface area contributed by atoms with Gasteiger partial charge in [-0.05, 0) is 43.9 Å². The van der Waals surface area contributed by atoms with Gasteiger partial charge in [-0.15, -0.1) is 24.0 Å². The summed E-state index contributed by atoms with van der Waals surface area (Å²) in [6.07, 6.45) is 5.54. The Hall–Kier alpha value is -1.13. The van der Waals surface area contributed by atoms with E-state index >= 15 is 0 Å². The average molecular weight is 518 g/mol. The molecule has 1 saturated heterocycles. The van der Waals surface area contributed by atoms with Crippen LogP contribution in [-0.4, -0.2) is 76.4 Å². The van der Waals surface area contributed by atoms with Gasteiger partial charge >= 0.3 is 0 Å². The van der Waals surface area contributed by atoms with Gasteiger partial charge < -0.3 is 25.2 Å². The topological polar surface area (TPSA) is 65.0 Å². The molecule has 0 bridgehead atoms. The molecule has 0 unspecified atom stereocenters. The number of aliphatic imine (C=N–C) groups is 1. The Balaban J connectivity index is 0.00000420. The number of hydrogen-bond acceptors (Lipinski definition) is 5. The Labute approximate surface area is 193 Å². The van der Waals surface area contributed by atoms with Gasteiger partial charge in [0.05, 0.1) is 0 Å². The third kappa shape index (κ3) is 9.95. The van der Waals surface area contributed by atoms with Crippen molar-refractivity contribution < 1.29 is 4.74 Å². The van der Waals surface area contributed by atoms with E-state index in [4.69, 9.17) is 4.74 Å². The van der Waals surface area contributed by atoms with Crippen molar-refractivity contribution >= 4 is 35.8 Å². The number of aromatic nitrogens is 1. The number of halogens is 1.